The number of aromatic nitrogens is 1. The van der Waals surface area contributed by atoms with Crippen LogP contribution in [-0.2, 0) is 0 Å². The summed E-state index contributed by atoms with van der Waals surface area (Å²) in [6.07, 6.45) is 2.45. The largest absolute Gasteiger partial charge is 0.430 e. The summed E-state index contributed by atoms with van der Waals surface area (Å²) in [7, 11) is 0. The lowest BCUT2D eigenvalue weighted by Gasteiger charge is -2.17. The smallest absolute Gasteiger partial charge is 0.321 e. The molecule has 3 N–H and O–H groups in total. The number of amides is 3. The van der Waals surface area contributed by atoms with E-state index < -0.39 is 5.91 Å². The van der Waals surface area contributed by atoms with Crippen LogP contribution in [0, 0.1) is 0 Å². The van der Waals surface area contributed by atoms with E-state index in [1.807, 2.05) is 18.2 Å². The second kappa shape index (κ2) is 6.51. The zero-order valence-corrected chi connectivity index (χ0v) is 14.0. The monoisotopic (exact) mass is 350 g/mol. The molecule has 7 heteroatoms. The second-order valence-corrected chi connectivity index (χ2v) is 6.30. The van der Waals surface area contributed by atoms with Gasteiger partial charge < -0.3 is 20.4 Å². The normalized spacial score (nSPS) is 16.8. The van der Waals surface area contributed by atoms with Crippen LogP contribution in [0.5, 0.6) is 0 Å². The van der Waals surface area contributed by atoms with E-state index >= 15 is 0 Å². The van der Waals surface area contributed by atoms with Gasteiger partial charge in [-0.1, -0.05) is 30.3 Å². The Hall–Kier alpha value is -3.35. The van der Waals surface area contributed by atoms with Crippen molar-refractivity contribution in [2.45, 2.75) is 12.3 Å². The highest BCUT2D eigenvalue weighted by Crippen LogP contribution is 2.31. The van der Waals surface area contributed by atoms with Crippen LogP contribution in [0.3, 0.4) is 0 Å². The van der Waals surface area contributed by atoms with Gasteiger partial charge in [-0.3, -0.25) is 4.79 Å². The molecule has 1 aromatic carbocycles. The van der Waals surface area contributed by atoms with E-state index in [9.17, 15) is 9.59 Å². The summed E-state index contributed by atoms with van der Waals surface area (Å²) in [5.74, 6) is -0.534. The molecule has 1 unspecified atom stereocenters. The Morgan fingerprint density at radius 3 is 2.77 bits per heavy atom. The van der Waals surface area contributed by atoms with Gasteiger partial charge in [-0.15, -0.1) is 0 Å². The third-order valence-corrected chi connectivity index (χ3v) is 4.67. The van der Waals surface area contributed by atoms with Crippen molar-refractivity contribution in [3.63, 3.8) is 0 Å². The first-order valence-corrected chi connectivity index (χ1v) is 8.41. The van der Waals surface area contributed by atoms with Gasteiger partial charge in [0.05, 0.1) is 5.39 Å². The van der Waals surface area contributed by atoms with Crippen LogP contribution >= 0.6 is 0 Å². The molecule has 2 aromatic heterocycles. The second-order valence-electron chi connectivity index (χ2n) is 6.30. The highest BCUT2D eigenvalue weighted by atomic mass is 16.4. The van der Waals surface area contributed by atoms with Gasteiger partial charge in [0.25, 0.3) is 5.91 Å². The molecule has 0 aliphatic carbocycles. The fourth-order valence-electron chi connectivity index (χ4n) is 3.36. The van der Waals surface area contributed by atoms with Gasteiger partial charge in [-0.05, 0) is 24.1 Å². The number of fused-ring (bicyclic) bond motifs is 1. The number of benzene rings is 1. The van der Waals surface area contributed by atoms with Crippen molar-refractivity contribution >= 4 is 28.7 Å². The summed E-state index contributed by atoms with van der Waals surface area (Å²) in [5.41, 5.74) is 7.14. The lowest BCUT2D eigenvalue weighted by atomic mass is 9.99. The minimum atomic E-state index is -0.748. The maximum atomic E-state index is 12.7. The fourth-order valence-corrected chi connectivity index (χ4v) is 3.36. The van der Waals surface area contributed by atoms with E-state index in [0.717, 1.165) is 6.42 Å². The minimum Gasteiger partial charge on any atom is -0.430 e. The fraction of sp³-hybridized carbons (Fsp3) is 0.211. The van der Waals surface area contributed by atoms with E-state index in [0.29, 0.717) is 24.4 Å². The first-order chi connectivity index (χ1) is 12.6. The maximum absolute atomic E-state index is 12.7. The standard InChI is InChI=1S/C19H18N4O3/c20-17(24)16-15(14-7-4-9-21-18(14)26-16)22-19(25)23-10-8-13(11-23)12-5-2-1-3-6-12/h1-7,9,13H,8,10-11H2,(H2,20,24)(H,22,25). The van der Waals surface area contributed by atoms with Crippen molar-refractivity contribution in [1.29, 1.82) is 0 Å². The number of anilines is 1. The average molecular weight is 350 g/mol. The Labute approximate surface area is 149 Å². The zero-order chi connectivity index (χ0) is 18.1. The number of primary amides is 1. The molecule has 0 bridgehead atoms. The van der Waals surface area contributed by atoms with Crippen LogP contribution < -0.4 is 11.1 Å². The predicted molar refractivity (Wildman–Crippen MR) is 96.9 cm³/mol. The Kier molecular flexibility index (Phi) is 4.04. The predicted octanol–water partition coefficient (Wildman–Crippen LogP) is 2.95. The number of furan rings is 1. The molecular formula is C19H18N4O3. The molecular weight excluding hydrogens is 332 g/mol. The summed E-state index contributed by atoms with van der Waals surface area (Å²) in [6, 6.07) is 13.3. The number of nitrogens with one attached hydrogen (secondary N) is 1. The van der Waals surface area contributed by atoms with E-state index in [1.54, 1.807) is 23.2 Å². The zero-order valence-electron chi connectivity index (χ0n) is 14.0. The van der Waals surface area contributed by atoms with Crippen LogP contribution in [-0.4, -0.2) is 34.9 Å². The molecule has 4 rings (SSSR count). The molecule has 26 heavy (non-hydrogen) atoms. The summed E-state index contributed by atoms with van der Waals surface area (Å²) in [4.78, 5) is 30.2. The minimum absolute atomic E-state index is 0.0918. The summed E-state index contributed by atoms with van der Waals surface area (Å²) in [5, 5.41) is 3.33. The van der Waals surface area contributed by atoms with Crippen molar-refractivity contribution in [2.24, 2.45) is 5.73 Å². The molecule has 1 saturated heterocycles. The topological polar surface area (TPSA) is 101 Å². The summed E-state index contributed by atoms with van der Waals surface area (Å²) < 4.78 is 5.40. The molecule has 1 fully saturated rings. The first kappa shape index (κ1) is 16.1. The number of likely N-dealkylation sites (tertiary alicyclic amines) is 1. The van der Waals surface area contributed by atoms with Crippen molar-refractivity contribution in [3.05, 3.63) is 60.0 Å². The van der Waals surface area contributed by atoms with Crippen LogP contribution in [0.4, 0.5) is 10.5 Å². The molecule has 7 nitrogen and oxygen atoms in total. The number of urea groups is 1. The van der Waals surface area contributed by atoms with E-state index in [4.69, 9.17) is 10.2 Å². The Morgan fingerprint density at radius 2 is 2.00 bits per heavy atom. The first-order valence-electron chi connectivity index (χ1n) is 8.41. The molecule has 3 amide bonds. The van der Waals surface area contributed by atoms with Gasteiger partial charge in [0, 0.05) is 25.2 Å². The Balaban J connectivity index is 1.55. The summed E-state index contributed by atoms with van der Waals surface area (Å²) >= 11 is 0. The quantitative estimate of drug-likeness (QED) is 0.758. The maximum Gasteiger partial charge on any atom is 0.321 e. The van der Waals surface area contributed by atoms with Crippen LogP contribution in [0.25, 0.3) is 11.1 Å². The molecule has 0 saturated carbocycles. The van der Waals surface area contributed by atoms with Gasteiger partial charge in [-0.25, -0.2) is 9.78 Å². The Morgan fingerprint density at radius 1 is 1.19 bits per heavy atom. The van der Waals surface area contributed by atoms with Crippen molar-refractivity contribution in [3.8, 4) is 0 Å². The SMILES string of the molecule is NC(=O)c1oc2ncccc2c1NC(=O)N1CCC(c2ccccc2)C1. The van der Waals surface area contributed by atoms with Gasteiger partial charge in [0.1, 0.15) is 5.69 Å². The third kappa shape index (κ3) is 2.88. The lowest BCUT2D eigenvalue weighted by Crippen LogP contribution is -2.33. The van der Waals surface area contributed by atoms with E-state index in [-0.39, 0.29) is 23.2 Å². The van der Waals surface area contributed by atoms with Crippen molar-refractivity contribution in [1.82, 2.24) is 9.88 Å². The third-order valence-electron chi connectivity index (χ3n) is 4.67. The molecule has 1 aliphatic rings. The molecule has 3 aromatic rings. The number of hydrogen-bond donors (Lipinski definition) is 2. The number of carbonyl (C=O) groups excluding carboxylic acids is 2. The molecule has 0 spiro atoms. The van der Waals surface area contributed by atoms with Crippen LogP contribution in [0.2, 0.25) is 0 Å². The van der Waals surface area contributed by atoms with E-state index in [2.05, 4.69) is 22.4 Å². The molecule has 1 aliphatic heterocycles. The van der Waals surface area contributed by atoms with Gasteiger partial charge in [-0.2, -0.15) is 0 Å². The number of pyridine rings is 1. The highest BCUT2D eigenvalue weighted by molar-refractivity contribution is 6.09. The van der Waals surface area contributed by atoms with Crippen LogP contribution in [0.1, 0.15) is 28.5 Å². The average Bonchev–Trinajstić information content (AvgIpc) is 3.28. The number of nitrogens with two attached hydrogens (primary N) is 1. The van der Waals surface area contributed by atoms with Crippen molar-refractivity contribution in [2.75, 3.05) is 18.4 Å². The Bertz CT molecular complexity index is 967. The summed E-state index contributed by atoms with van der Waals surface area (Å²) in [6.45, 7) is 1.26. The van der Waals surface area contributed by atoms with Gasteiger partial charge >= 0.3 is 6.03 Å². The number of rotatable bonds is 3. The number of carbonyl (C=O) groups is 2. The van der Waals surface area contributed by atoms with Crippen LogP contribution in [0.15, 0.2) is 53.1 Å². The van der Waals surface area contributed by atoms with Gasteiger partial charge in [0.2, 0.25) is 11.5 Å². The van der Waals surface area contributed by atoms with Crippen molar-refractivity contribution < 1.29 is 14.0 Å². The number of hydrogen-bond acceptors (Lipinski definition) is 4. The lowest BCUT2D eigenvalue weighted by molar-refractivity contribution is 0.0977. The van der Waals surface area contributed by atoms with Gasteiger partial charge in [0.15, 0.2) is 0 Å². The van der Waals surface area contributed by atoms with E-state index in [1.165, 1.54) is 5.56 Å². The molecule has 0 radical (unpaired) electrons. The molecule has 132 valence electrons. The highest BCUT2D eigenvalue weighted by Gasteiger charge is 2.29. The number of nitrogens with zero attached hydrogens (tertiary/aromatic N) is 2. The molecule has 1 atom stereocenters. The molecule has 3 heterocycles.